The van der Waals surface area contributed by atoms with Crippen molar-refractivity contribution in [3.05, 3.63) is 28.5 Å². The maximum Gasteiger partial charge on any atom is 0.303 e. The fourth-order valence-electron chi connectivity index (χ4n) is 2.29. The molecule has 3 nitrogen and oxygen atoms in total. The molecular weight excluding hydrogens is 259 g/mol. The average molecular weight is 273 g/mol. The molecule has 1 atom stereocenters. The summed E-state index contributed by atoms with van der Waals surface area (Å²) in [6, 6.07) is 2.51. The molecule has 0 aromatic heterocycles. The minimum Gasteiger partial charge on any atom is -0.495 e. The zero-order chi connectivity index (χ0) is 13.3. The Bertz CT molecular complexity index is 472. The van der Waals surface area contributed by atoms with Gasteiger partial charge in [0, 0.05) is 11.5 Å². The van der Waals surface area contributed by atoms with Crippen LogP contribution in [-0.4, -0.2) is 18.2 Å². The SMILES string of the molecule is COc1c(Cl)cc(F)cc1C(CC(=O)O)C1CC1. The van der Waals surface area contributed by atoms with Crippen molar-refractivity contribution in [2.45, 2.75) is 25.2 Å². The van der Waals surface area contributed by atoms with Gasteiger partial charge < -0.3 is 9.84 Å². The highest BCUT2D eigenvalue weighted by Gasteiger charge is 2.36. The number of hydrogen-bond donors (Lipinski definition) is 1. The Kier molecular flexibility index (Phi) is 3.76. The minimum absolute atomic E-state index is 0.0270. The summed E-state index contributed by atoms with van der Waals surface area (Å²) in [5, 5.41) is 9.14. The van der Waals surface area contributed by atoms with E-state index in [0.717, 1.165) is 12.8 Å². The molecule has 1 fully saturated rings. The van der Waals surface area contributed by atoms with E-state index in [0.29, 0.717) is 11.3 Å². The fraction of sp³-hybridized carbons (Fsp3) is 0.462. The lowest BCUT2D eigenvalue weighted by Gasteiger charge is -2.19. The van der Waals surface area contributed by atoms with Gasteiger partial charge in [-0.3, -0.25) is 4.79 Å². The van der Waals surface area contributed by atoms with Crippen LogP contribution in [0, 0.1) is 11.7 Å². The molecule has 18 heavy (non-hydrogen) atoms. The third-order valence-corrected chi connectivity index (χ3v) is 3.51. The van der Waals surface area contributed by atoms with Crippen molar-refractivity contribution in [3.63, 3.8) is 0 Å². The van der Waals surface area contributed by atoms with Gasteiger partial charge in [0.05, 0.1) is 18.6 Å². The summed E-state index contributed by atoms with van der Waals surface area (Å²) >= 11 is 5.93. The van der Waals surface area contributed by atoms with Gasteiger partial charge >= 0.3 is 5.97 Å². The summed E-state index contributed by atoms with van der Waals surface area (Å²) in [7, 11) is 1.45. The first-order valence-electron chi connectivity index (χ1n) is 5.77. The van der Waals surface area contributed by atoms with Gasteiger partial charge in [-0.2, -0.15) is 0 Å². The third-order valence-electron chi connectivity index (χ3n) is 3.23. The first-order valence-corrected chi connectivity index (χ1v) is 6.15. The highest BCUT2D eigenvalue weighted by molar-refractivity contribution is 6.32. The summed E-state index contributed by atoms with van der Waals surface area (Å²) < 4.78 is 18.6. The number of methoxy groups -OCH3 is 1. The molecule has 0 saturated heterocycles. The summed E-state index contributed by atoms with van der Waals surface area (Å²) in [4.78, 5) is 10.9. The monoisotopic (exact) mass is 272 g/mol. The first kappa shape index (κ1) is 13.1. The van der Waals surface area contributed by atoms with E-state index >= 15 is 0 Å². The van der Waals surface area contributed by atoms with Crippen molar-refractivity contribution in [3.8, 4) is 5.75 Å². The molecule has 1 unspecified atom stereocenters. The van der Waals surface area contributed by atoms with Gasteiger partial charge in [0.1, 0.15) is 11.6 Å². The molecule has 98 valence electrons. The zero-order valence-corrected chi connectivity index (χ0v) is 10.7. The van der Waals surface area contributed by atoms with Gasteiger partial charge in [-0.1, -0.05) is 11.6 Å². The number of carboxylic acids is 1. The Morgan fingerprint density at radius 1 is 1.61 bits per heavy atom. The van der Waals surface area contributed by atoms with E-state index in [2.05, 4.69) is 0 Å². The van der Waals surface area contributed by atoms with Crippen LogP contribution in [0.15, 0.2) is 12.1 Å². The topological polar surface area (TPSA) is 46.5 Å². The minimum atomic E-state index is -0.894. The Hall–Kier alpha value is -1.29. The second kappa shape index (κ2) is 5.14. The fourth-order valence-corrected chi connectivity index (χ4v) is 2.58. The van der Waals surface area contributed by atoms with E-state index in [1.807, 2.05) is 0 Å². The molecule has 0 bridgehead atoms. The molecule has 1 aromatic carbocycles. The van der Waals surface area contributed by atoms with Gasteiger partial charge in [0.2, 0.25) is 0 Å². The number of rotatable bonds is 5. The predicted octanol–water partition coefficient (Wildman–Crippen LogP) is 3.46. The number of aliphatic carboxylic acids is 1. The molecule has 1 aromatic rings. The number of carboxylic acid groups (broad SMARTS) is 1. The van der Waals surface area contributed by atoms with Crippen LogP contribution in [0.3, 0.4) is 0 Å². The van der Waals surface area contributed by atoms with E-state index in [1.165, 1.54) is 19.2 Å². The van der Waals surface area contributed by atoms with Crippen LogP contribution in [-0.2, 0) is 4.79 Å². The van der Waals surface area contributed by atoms with Crippen molar-refractivity contribution in [2.75, 3.05) is 7.11 Å². The number of ether oxygens (including phenoxy) is 1. The van der Waals surface area contributed by atoms with Crippen LogP contribution < -0.4 is 4.74 Å². The van der Waals surface area contributed by atoms with E-state index in [4.69, 9.17) is 21.4 Å². The normalized spacial score (nSPS) is 16.4. The Labute approximate surface area is 110 Å². The number of benzene rings is 1. The lowest BCUT2D eigenvalue weighted by Crippen LogP contribution is -2.10. The lowest BCUT2D eigenvalue weighted by atomic mass is 9.90. The van der Waals surface area contributed by atoms with Crippen LogP contribution in [0.2, 0.25) is 5.02 Å². The van der Waals surface area contributed by atoms with Crippen molar-refractivity contribution in [1.29, 1.82) is 0 Å². The number of carbonyl (C=O) groups is 1. The van der Waals surface area contributed by atoms with Crippen molar-refractivity contribution >= 4 is 17.6 Å². The van der Waals surface area contributed by atoms with E-state index in [9.17, 15) is 9.18 Å². The van der Waals surface area contributed by atoms with Crippen molar-refractivity contribution in [2.24, 2.45) is 5.92 Å². The molecule has 0 aliphatic heterocycles. The van der Waals surface area contributed by atoms with Gasteiger partial charge in [-0.05, 0) is 30.9 Å². The molecule has 1 aliphatic rings. The predicted molar refractivity (Wildman–Crippen MR) is 65.7 cm³/mol. The second-order valence-electron chi connectivity index (χ2n) is 4.55. The Morgan fingerprint density at radius 3 is 2.78 bits per heavy atom. The second-order valence-corrected chi connectivity index (χ2v) is 4.96. The molecule has 0 amide bonds. The van der Waals surface area contributed by atoms with Crippen LogP contribution >= 0.6 is 11.6 Å². The van der Waals surface area contributed by atoms with Gasteiger partial charge in [0.25, 0.3) is 0 Å². The Balaban J connectivity index is 2.42. The summed E-state index contributed by atoms with van der Waals surface area (Å²) in [6.45, 7) is 0. The highest BCUT2D eigenvalue weighted by atomic mass is 35.5. The molecule has 1 saturated carbocycles. The maximum absolute atomic E-state index is 13.4. The largest absolute Gasteiger partial charge is 0.495 e. The van der Waals surface area contributed by atoms with Gasteiger partial charge in [0.15, 0.2) is 0 Å². The van der Waals surface area contributed by atoms with Gasteiger partial charge in [-0.15, -0.1) is 0 Å². The van der Waals surface area contributed by atoms with E-state index < -0.39 is 11.8 Å². The van der Waals surface area contributed by atoms with Crippen LogP contribution in [0.25, 0.3) is 0 Å². The third kappa shape index (κ3) is 2.75. The molecular formula is C13H14ClFO3. The Morgan fingerprint density at radius 2 is 2.28 bits per heavy atom. The van der Waals surface area contributed by atoms with Crippen molar-refractivity contribution in [1.82, 2.24) is 0 Å². The lowest BCUT2D eigenvalue weighted by molar-refractivity contribution is -0.137. The molecule has 2 rings (SSSR count). The highest BCUT2D eigenvalue weighted by Crippen LogP contribution is 2.48. The molecule has 5 heteroatoms. The number of halogens is 2. The van der Waals surface area contributed by atoms with Crippen LogP contribution in [0.4, 0.5) is 4.39 Å². The van der Waals surface area contributed by atoms with Crippen LogP contribution in [0.1, 0.15) is 30.7 Å². The summed E-state index contributed by atoms with van der Waals surface area (Å²) in [5.41, 5.74) is 0.562. The smallest absolute Gasteiger partial charge is 0.303 e. The summed E-state index contributed by atoms with van der Waals surface area (Å²) in [5.74, 6) is -0.920. The standard InChI is InChI=1S/C13H14ClFO3/c1-18-13-10(4-8(15)5-11(13)14)9(6-12(16)17)7-2-3-7/h4-5,7,9H,2-3,6H2,1H3,(H,16,17). The van der Waals surface area contributed by atoms with Crippen molar-refractivity contribution < 1.29 is 19.0 Å². The van der Waals surface area contributed by atoms with E-state index in [1.54, 1.807) is 0 Å². The summed E-state index contributed by atoms with van der Waals surface area (Å²) in [6.07, 6.45) is 1.91. The van der Waals surface area contributed by atoms with Crippen LogP contribution in [0.5, 0.6) is 5.75 Å². The molecule has 0 heterocycles. The number of hydrogen-bond acceptors (Lipinski definition) is 2. The first-order chi connectivity index (χ1) is 8.52. The molecule has 1 N–H and O–H groups in total. The molecule has 0 radical (unpaired) electrons. The maximum atomic E-state index is 13.4. The molecule has 0 spiro atoms. The van der Waals surface area contributed by atoms with E-state index in [-0.39, 0.29) is 23.3 Å². The quantitative estimate of drug-likeness (QED) is 0.893. The van der Waals surface area contributed by atoms with Gasteiger partial charge in [-0.25, -0.2) is 4.39 Å². The average Bonchev–Trinajstić information content (AvgIpc) is 3.08. The molecule has 1 aliphatic carbocycles. The zero-order valence-electron chi connectivity index (χ0n) is 9.95.